The predicted octanol–water partition coefficient (Wildman–Crippen LogP) is 2.83. The third-order valence-corrected chi connectivity index (χ3v) is 5.07. The molecule has 2 aromatic rings. The van der Waals surface area contributed by atoms with Gasteiger partial charge in [-0.15, -0.1) is 0 Å². The van der Waals surface area contributed by atoms with Crippen molar-refractivity contribution in [2.75, 3.05) is 50.8 Å². The topological polar surface area (TPSA) is 24.9 Å². The second-order valence-electron chi connectivity index (χ2n) is 6.78. The molecule has 25 heavy (non-hydrogen) atoms. The third kappa shape index (κ3) is 4.14. The number of morpholine rings is 1. The first-order valence-electron chi connectivity index (χ1n) is 9.23. The van der Waals surface area contributed by atoms with Gasteiger partial charge in [0, 0.05) is 38.4 Å². The molecule has 0 aliphatic carbocycles. The van der Waals surface area contributed by atoms with Crippen molar-refractivity contribution < 1.29 is 9.47 Å². The van der Waals surface area contributed by atoms with Gasteiger partial charge in [-0.1, -0.05) is 36.4 Å². The molecule has 4 rings (SSSR count). The van der Waals surface area contributed by atoms with Gasteiger partial charge in [0.1, 0.15) is 18.5 Å². The number of hydrogen-bond donors (Lipinski definition) is 0. The molecule has 132 valence electrons. The smallest absolute Gasteiger partial charge is 0.119 e. The molecule has 0 bridgehead atoms. The van der Waals surface area contributed by atoms with Crippen molar-refractivity contribution in [1.29, 1.82) is 0 Å². The Morgan fingerprint density at radius 2 is 1.80 bits per heavy atom. The molecule has 2 aliphatic rings. The van der Waals surface area contributed by atoms with Gasteiger partial charge in [-0.05, 0) is 30.2 Å². The number of rotatable bonds is 6. The van der Waals surface area contributed by atoms with Crippen LogP contribution in [-0.2, 0) is 11.2 Å². The quantitative estimate of drug-likeness (QED) is 0.809. The fraction of sp³-hybridized carbons (Fsp3) is 0.429. The third-order valence-electron chi connectivity index (χ3n) is 5.07. The van der Waals surface area contributed by atoms with Gasteiger partial charge in [-0.3, -0.25) is 4.90 Å². The van der Waals surface area contributed by atoms with E-state index in [1.807, 2.05) is 30.3 Å². The van der Waals surface area contributed by atoms with E-state index in [2.05, 4.69) is 34.1 Å². The van der Waals surface area contributed by atoms with Crippen LogP contribution in [0, 0.1) is 0 Å². The average Bonchev–Trinajstić information content (AvgIpc) is 3.09. The van der Waals surface area contributed by atoms with Crippen LogP contribution in [0.5, 0.6) is 5.75 Å². The van der Waals surface area contributed by atoms with Crippen molar-refractivity contribution in [3.05, 3.63) is 60.2 Å². The summed E-state index contributed by atoms with van der Waals surface area (Å²) in [6.45, 7) is 6.68. The minimum absolute atomic E-state index is 0.153. The van der Waals surface area contributed by atoms with Crippen molar-refractivity contribution >= 4 is 5.69 Å². The van der Waals surface area contributed by atoms with Crippen LogP contribution in [0.1, 0.15) is 5.56 Å². The summed E-state index contributed by atoms with van der Waals surface area (Å²) in [5.41, 5.74) is 2.90. The molecule has 2 heterocycles. The van der Waals surface area contributed by atoms with Crippen molar-refractivity contribution in [2.45, 2.75) is 12.5 Å². The minimum atomic E-state index is 0.153. The van der Waals surface area contributed by atoms with Crippen LogP contribution in [0.2, 0.25) is 0 Å². The van der Waals surface area contributed by atoms with E-state index in [0.29, 0.717) is 6.61 Å². The number of para-hydroxylation sites is 2. The van der Waals surface area contributed by atoms with Crippen LogP contribution in [0.3, 0.4) is 0 Å². The average molecular weight is 338 g/mol. The highest BCUT2D eigenvalue weighted by atomic mass is 16.5. The molecule has 0 aromatic heterocycles. The van der Waals surface area contributed by atoms with Gasteiger partial charge in [-0.25, -0.2) is 0 Å². The van der Waals surface area contributed by atoms with E-state index in [-0.39, 0.29) is 6.10 Å². The molecule has 0 N–H and O–H groups in total. The lowest BCUT2D eigenvalue weighted by Crippen LogP contribution is -2.47. The summed E-state index contributed by atoms with van der Waals surface area (Å²) in [5, 5.41) is 0. The summed E-state index contributed by atoms with van der Waals surface area (Å²) in [6, 6.07) is 18.8. The lowest BCUT2D eigenvalue weighted by atomic mass is 10.2. The molecule has 0 saturated carbocycles. The first-order valence-corrected chi connectivity index (χ1v) is 9.23. The second kappa shape index (κ2) is 7.89. The zero-order valence-electron chi connectivity index (χ0n) is 14.6. The van der Waals surface area contributed by atoms with E-state index < -0.39 is 0 Å². The molecule has 1 unspecified atom stereocenters. The van der Waals surface area contributed by atoms with Gasteiger partial charge in [0.2, 0.25) is 0 Å². The molecule has 0 amide bonds. The summed E-state index contributed by atoms with van der Waals surface area (Å²) < 4.78 is 11.7. The number of hydrogen-bond acceptors (Lipinski definition) is 4. The van der Waals surface area contributed by atoms with Gasteiger partial charge in [-0.2, -0.15) is 0 Å². The standard InChI is InChI=1S/C21H26N2O2/c1-2-7-19(8-3-1)25-17-20-16-22(14-15-24-20)12-13-23-11-10-18-6-4-5-9-21(18)23/h1-9,20H,10-17H2. The minimum Gasteiger partial charge on any atom is -0.491 e. The maximum Gasteiger partial charge on any atom is 0.119 e. The monoisotopic (exact) mass is 338 g/mol. The lowest BCUT2D eigenvalue weighted by Gasteiger charge is -2.34. The first kappa shape index (κ1) is 16.4. The van der Waals surface area contributed by atoms with E-state index >= 15 is 0 Å². The molecule has 2 aliphatic heterocycles. The molecule has 0 spiro atoms. The highest BCUT2D eigenvalue weighted by Gasteiger charge is 2.23. The van der Waals surface area contributed by atoms with Crippen LogP contribution >= 0.6 is 0 Å². The summed E-state index contributed by atoms with van der Waals surface area (Å²) in [7, 11) is 0. The Kier molecular flexibility index (Phi) is 5.19. The summed E-state index contributed by atoms with van der Waals surface area (Å²) in [6.07, 6.45) is 1.33. The van der Waals surface area contributed by atoms with E-state index in [0.717, 1.165) is 45.1 Å². The highest BCUT2D eigenvalue weighted by molar-refractivity contribution is 5.57. The molecule has 0 radical (unpaired) electrons. The van der Waals surface area contributed by atoms with Crippen molar-refractivity contribution in [3.63, 3.8) is 0 Å². The van der Waals surface area contributed by atoms with Crippen molar-refractivity contribution in [2.24, 2.45) is 0 Å². The summed E-state index contributed by atoms with van der Waals surface area (Å²) in [4.78, 5) is 5.02. The second-order valence-corrected chi connectivity index (χ2v) is 6.78. The van der Waals surface area contributed by atoms with E-state index in [9.17, 15) is 0 Å². The number of nitrogens with zero attached hydrogens (tertiary/aromatic N) is 2. The van der Waals surface area contributed by atoms with Crippen LogP contribution in [0.15, 0.2) is 54.6 Å². The molecule has 2 aromatic carbocycles. The number of ether oxygens (including phenoxy) is 2. The van der Waals surface area contributed by atoms with Crippen LogP contribution in [-0.4, -0.2) is 56.9 Å². The Hall–Kier alpha value is -2.04. The lowest BCUT2D eigenvalue weighted by molar-refractivity contribution is -0.0470. The van der Waals surface area contributed by atoms with Crippen LogP contribution < -0.4 is 9.64 Å². The maximum absolute atomic E-state index is 5.88. The maximum atomic E-state index is 5.88. The Labute approximate surface area is 150 Å². The molecule has 1 saturated heterocycles. The molecular formula is C21H26N2O2. The van der Waals surface area contributed by atoms with E-state index in [4.69, 9.17) is 9.47 Å². The van der Waals surface area contributed by atoms with Gasteiger partial charge >= 0.3 is 0 Å². The molecular weight excluding hydrogens is 312 g/mol. The van der Waals surface area contributed by atoms with Crippen LogP contribution in [0.25, 0.3) is 0 Å². The first-order chi connectivity index (χ1) is 12.4. The Morgan fingerprint density at radius 1 is 0.960 bits per heavy atom. The fourth-order valence-corrected chi connectivity index (χ4v) is 3.69. The zero-order chi connectivity index (χ0) is 16.9. The Morgan fingerprint density at radius 3 is 2.72 bits per heavy atom. The van der Waals surface area contributed by atoms with Crippen LogP contribution in [0.4, 0.5) is 5.69 Å². The number of fused-ring (bicyclic) bond motifs is 1. The Bertz CT molecular complexity index is 677. The van der Waals surface area contributed by atoms with Gasteiger partial charge < -0.3 is 14.4 Å². The van der Waals surface area contributed by atoms with Crippen molar-refractivity contribution in [3.8, 4) is 5.75 Å². The van der Waals surface area contributed by atoms with Gasteiger partial charge in [0.15, 0.2) is 0 Å². The van der Waals surface area contributed by atoms with Crippen molar-refractivity contribution in [1.82, 2.24) is 4.90 Å². The van der Waals surface area contributed by atoms with E-state index in [1.54, 1.807) is 0 Å². The molecule has 1 fully saturated rings. The largest absolute Gasteiger partial charge is 0.491 e. The van der Waals surface area contributed by atoms with Gasteiger partial charge in [0.05, 0.1) is 6.61 Å². The number of benzene rings is 2. The predicted molar refractivity (Wildman–Crippen MR) is 100 cm³/mol. The van der Waals surface area contributed by atoms with Gasteiger partial charge in [0.25, 0.3) is 0 Å². The molecule has 4 nitrogen and oxygen atoms in total. The fourth-order valence-electron chi connectivity index (χ4n) is 3.69. The van der Waals surface area contributed by atoms with E-state index in [1.165, 1.54) is 17.7 Å². The number of anilines is 1. The summed E-state index contributed by atoms with van der Waals surface area (Å²) in [5.74, 6) is 0.914. The zero-order valence-corrected chi connectivity index (χ0v) is 14.6. The SMILES string of the molecule is c1ccc(OCC2CN(CCN3CCc4ccccc43)CCO2)cc1. The highest BCUT2D eigenvalue weighted by Crippen LogP contribution is 2.27. The summed E-state index contributed by atoms with van der Waals surface area (Å²) >= 11 is 0. The molecule has 1 atom stereocenters. The Balaban J connectivity index is 1.25. The normalized spacial score (nSPS) is 20.5. The molecule has 4 heteroatoms.